The van der Waals surface area contributed by atoms with Gasteiger partial charge in [-0.05, 0) is 34.6 Å². The molecule has 1 aromatic rings. The number of phenolic OH excluding ortho intramolecular Hbond substituents is 1. The van der Waals surface area contributed by atoms with Gasteiger partial charge in [-0.15, -0.1) is 0 Å². The number of carbonyl (C=O) groups excluding carboxylic acids is 1. The van der Waals surface area contributed by atoms with Gasteiger partial charge in [-0.1, -0.05) is 53.3 Å². The third-order valence-corrected chi connectivity index (χ3v) is 6.75. The van der Waals surface area contributed by atoms with Crippen LogP contribution in [0.25, 0.3) is 6.08 Å². The summed E-state index contributed by atoms with van der Waals surface area (Å²) in [5, 5.41) is 10.9. The Morgan fingerprint density at radius 1 is 1.03 bits per heavy atom. The van der Waals surface area contributed by atoms with Crippen molar-refractivity contribution in [3.8, 4) is 5.75 Å². The zero-order chi connectivity index (χ0) is 22.1. The Hall–Kier alpha value is -1.50. The van der Waals surface area contributed by atoms with Gasteiger partial charge in [0.1, 0.15) is 5.75 Å². The molecule has 0 bridgehead atoms. The van der Waals surface area contributed by atoms with Gasteiger partial charge in [-0.25, -0.2) is 0 Å². The lowest BCUT2D eigenvalue weighted by Gasteiger charge is -2.28. The number of thioether (sulfide) groups is 1. The van der Waals surface area contributed by atoms with Crippen LogP contribution in [0, 0.1) is 0 Å². The van der Waals surface area contributed by atoms with Crippen molar-refractivity contribution < 1.29 is 14.6 Å². The molecule has 2 aliphatic heterocycles. The molecule has 5 nitrogen and oxygen atoms in total. The highest BCUT2D eigenvalue weighted by Crippen LogP contribution is 2.41. The van der Waals surface area contributed by atoms with Gasteiger partial charge in [0.05, 0.1) is 24.0 Å². The summed E-state index contributed by atoms with van der Waals surface area (Å²) in [6.07, 6.45) is 1.99. The van der Waals surface area contributed by atoms with Gasteiger partial charge >= 0.3 is 0 Å². The van der Waals surface area contributed by atoms with E-state index < -0.39 is 0 Å². The topological polar surface area (TPSA) is 53.0 Å². The van der Waals surface area contributed by atoms with Gasteiger partial charge in [0, 0.05) is 37.3 Å². The number of benzene rings is 1. The molecule has 1 aromatic carbocycles. The summed E-state index contributed by atoms with van der Waals surface area (Å²) in [4.78, 5) is 18.0. The Labute approximate surface area is 185 Å². The second-order valence-electron chi connectivity index (χ2n) is 10.3. The minimum atomic E-state index is -0.185. The number of amides is 1. The van der Waals surface area contributed by atoms with Crippen LogP contribution in [-0.2, 0) is 20.4 Å². The average Bonchev–Trinajstić information content (AvgIpc) is 3.00. The number of morpholine rings is 1. The first kappa shape index (κ1) is 23.2. The number of aromatic hydroxyl groups is 1. The molecule has 0 aliphatic carbocycles. The predicted molar refractivity (Wildman–Crippen MR) is 125 cm³/mol. The Balaban J connectivity index is 1.81. The highest BCUT2D eigenvalue weighted by Gasteiger charge is 2.29. The molecular formula is C24H36N2O3S. The molecule has 0 unspecified atom stereocenters. The summed E-state index contributed by atoms with van der Waals surface area (Å²) in [6, 6.07) is 4.06. The van der Waals surface area contributed by atoms with Gasteiger partial charge in [-0.2, -0.15) is 0 Å². The van der Waals surface area contributed by atoms with Gasteiger partial charge in [-0.3, -0.25) is 9.69 Å². The van der Waals surface area contributed by atoms with Gasteiger partial charge < -0.3 is 14.7 Å². The van der Waals surface area contributed by atoms with Crippen molar-refractivity contribution in [1.82, 2.24) is 9.80 Å². The fourth-order valence-electron chi connectivity index (χ4n) is 3.81. The highest BCUT2D eigenvalue weighted by molar-refractivity contribution is 8.04. The second kappa shape index (κ2) is 8.93. The molecule has 0 atom stereocenters. The first-order chi connectivity index (χ1) is 14.0. The molecule has 3 rings (SSSR count). The molecule has 0 radical (unpaired) electrons. The van der Waals surface area contributed by atoms with E-state index in [0.29, 0.717) is 11.6 Å². The van der Waals surface area contributed by atoms with E-state index in [9.17, 15) is 9.90 Å². The van der Waals surface area contributed by atoms with Crippen LogP contribution in [0.2, 0.25) is 0 Å². The third kappa shape index (κ3) is 5.40. The van der Waals surface area contributed by atoms with Crippen molar-refractivity contribution in [2.75, 3.05) is 45.3 Å². The standard InChI is InChI=1S/C24H36N2O3S/c1-23(2,3)18-13-17(14-19(21(18)27)24(4,5)6)15-20-22(28)26(16-30-20)8-7-25-9-11-29-12-10-25/h13-15,27H,7-12,16H2,1-6H3. The average molecular weight is 433 g/mol. The Morgan fingerprint density at radius 3 is 2.13 bits per heavy atom. The van der Waals surface area contributed by atoms with Crippen molar-refractivity contribution >= 4 is 23.7 Å². The lowest BCUT2D eigenvalue weighted by molar-refractivity contribution is -0.125. The van der Waals surface area contributed by atoms with Crippen molar-refractivity contribution in [2.24, 2.45) is 0 Å². The molecule has 2 heterocycles. The first-order valence-corrected chi connectivity index (χ1v) is 11.8. The van der Waals surface area contributed by atoms with Gasteiger partial charge in [0.25, 0.3) is 5.91 Å². The van der Waals surface area contributed by atoms with E-state index in [1.165, 1.54) is 0 Å². The van der Waals surface area contributed by atoms with Crippen LogP contribution < -0.4 is 0 Å². The first-order valence-electron chi connectivity index (χ1n) is 10.8. The third-order valence-electron chi connectivity index (χ3n) is 5.71. The molecule has 2 saturated heterocycles. The molecule has 0 saturated carbocycles. The Bertz CT molecular complexity index is 780. The van der Waals surface area contributed by atoms with Crippen molar-refractivity contribution in [3.05, 3.63) is 33.7 Å². The molecule has 6 heteroatoms. The predicted octanol–water partition coefficient (Wildman–Crippen LogP) is 4.19. The quantitative estimate of drug-likeness (QED) is 0.723. The number of nitrogens with zero attached hydrogens (tertiary/aromatic N) is 2. The molecule has 166 valence electrons. The van der Waals surface area contributed by atoms with Crippen LogP contribution >= 0.6 is 11.8 Å². The maximum atomic E-state index is 13.0. The number of ether oxygens (including phenoxy) is 1. The summed E-state index contributed by atoms with van der Waals surface area (Å²) >= 11 is 1.60. The van der Waals surface area contributed by atoms with Crippen molar-refractivity contribution in [3.63, 3.8) is 0 Å². The van der Waals surface area contributed by atoms with Crippen LogP contribution in [0.3, 0.4) is 0 Å². The summed E-state index contributed by atoms with van der Waals surface area (Å²) in [5.74, 6) is 1.18. The summed E-state index contributed by atoms with van der Waals surface area (Å²) in [7, 11) is 0. The minimum absolute atomic E-state index is 0.107. The highest BCUT2D eigenvalue weighted by atomic mass is 32.2. The van der Waals surface area contributed by atoms with E-state index >= 15 is 0 Å². The zero-order valence-corrected chi connectivity index (χ0v) is 20.1. The van der Waals surface area contributed by atoms with Crippen molar-refractivity contribution in [1.29, 1.82) is 0 Å². The lowest BCUT2D eigenvalue weighted by atomic mass is 9.78. The molecule has 1 N–H and O–H groups in total. The summed E-state index contributed by atoms with van der Waals surface area (Å²) < 4.78 is 5.40. The monoisotopic (exact) mass is 432 g/mol. The number of hydrogen-bond acceptors (Lipinski definition) is 5. The van der Waals surface area contributed by atoms with Crippen LogP contribution in [0.4, 0.5) is 0 Å². The maximum Gasteiger partial charge on any atom is 0.261 e. The van der Waals surface area contributed by atoms with Gasteiger partial charge in [0.2, 0.25) is 0 Å². The molecule has 30 heavy (non-hydrogen) atoms. The fraction of sp³-hybridized carbons (Fsp3) is 0.625. The molecule has 0 aromatic heterocycles. The second-order valence-corrected chi connectivity index (χ2v) is 11.3. The van der Waals surface area contributed by atoms with Crippen LogP contribution in [0.15, 0.2) is 17.0 Å². The van der Waals surface area contributed by atoms with E-state index in [1.807, 2.05) is 23.1 Å². The number of hydrogen-bond donors (Lipinski definition) is 1. The number of carbonyl (C=O) groups is 1. The van der Waals surface area contributed by atoms with Gasteiger partial charge in [0.15, 0.2) is 0 Å². The van der Waals surface area contributed by atoms with E-state index in [1.54, 1.807) is 11.8 Å². The lowest BCUT2D eigenvalue weighted by Crippen LogP contribution is -2.41. The normalized spacial score (nSPS) is 20.4. The fourth-order valence-corrected chi connectivity index (χ4v) is 4.83. The number of rotatable bonds is 4. The van der Waals surface area contributed by atoms with Crippen molar-refractivity contribution in [2.45, 2.75) is 52.4 Å². The summed E-state index contributed by atoms with van der Waals surface area (Å²) in [6.45, 7) is 17.7. The van der Waals surface area contributed by atoms with Crippen LogP contribution in [0.5, 0.6) is 5.75 Å². The Morgan fingerprint density at radius 2 is 1.60 bits per heavy atom. The molecule has 2 aliphatic rings. The maximum absolute atomic E-state index is 13.0. The SMILES string of the molecule is CC(C)(C)c1cc(C=C2SCN(CCN3CCOCC3)C2=O)cc(C(C)(C)C)c1O. The smallest absolute Gasteiger partial charge is 0.261 e. The van der Waals surface area contributed by atoms with E-state index in [0.717, 1.165) is 61.0 Å². The van der Waals surface area contributed by atoms with E-state index in [4.69, 9.17) is 4.74 Å². The molecule has 1 amide bonds. The van der Waals surface area contributed by atoms with E-state index in [2.05, 4.69) is 46.4 Å². The largest absolute Gasteiger partial charge is 0.507 e. The van der Waals surface area contributed by atoms with Crippen LogP contribution in [0.1, 0.15) is 58.2 Å². The minimum Gasteiger partial charge on any atom is -0.507 e. The zero-order valence-electron chi connectivity index (χ0n) is 19.2. The molecule has 0 spiro atoms. The Kier molecular flexibility index (Phi) is 6.90. The van der Waals surface area contributed by atoms with E-state index in [-0.39, 0.29) is 16.7 Å². The summed E-state index contributed by atoms with van der Waals surface area (Å²) in [5.41, 5.74) is 2.45. The molecular weight excluding hydrogens is 396 g/mol. The molecule has 2 fully saturated rings. The van der Waals surface area contributed by atoms with Crippen LogP contribution in [-0.4, -0.2) is 66.1 Å². The number of phenols is 1.